The molecule has 0 fully saturated rings. The molecule has 142 valence electrons. The van der Waals surface area contributed by atoms with Crippen molar-refractivity contribution >= 4 is 21.5 Å². The molecule has 0 heterocycles. The second-order valence-corrected chi connectivity index (χ2v) is 9.55. The van der Waals surface area contributed by atoms with Crippen molar-refractivity contribution in [1.29, 1.82) is 5.26 Å². The molecule has 0 saturated heterocycles. The van der Waals surface area contributed by atoms with Crippen molar-refractivity contribution in [3.63, 3.8) is 0 Å². The predicted molar refractivity (Wildman–Crippen MR) is 96.6 cm³/mol. The lowest BCUT2D eigenvalue weighted by molar-refractivity contribution is -0.126. The van der Waals surface area contributed by atoms with E-state index in [1.807, 2.05) is 0 Å². The maximum atomic E-state index is 12.4. The number of carbonyl (C=O) groups excluding carboxylic acids is 1. The minimum Gasteiger partial charge on any atom is -0.506 e. The zero-order valence-corrected chi connectivity index (χ0v) is 16.5. The summed E-state index contributed by atoms with van der Waals surface area (Å²) in [6.07, 6.45) is 0. The maximum absolute atomic E-state index is 12.4. The molecule has 0 radical (unpaired) electrons. The van der Waals surface area contributed by atoms with E-state index in [-0.39, 0.29) is 16.3 Å². The Labute approximate surface area is 154 Å². The molecule has 8 nitrogen and oxygen atoms in total. The Hall–Kier alpha value is -2.31. The molecule has 0 bridgehead atoms. The third kappa shape index (κ3) is 5.89. The Balaban J connectivity index is 3.23. The molecule has 1 aromatic rings. The van der Waals surface area contributed by atoms with Crippen LogP contribution in [0.1, 0.15) is 41.5 Å². The fourth-order valence-electron chi connectivity index (χ4n) is 1.88. The molecule has 0 aromatic heterocycles. The summed E-state index contributed by atoms with van der Waals surface area (Å²) >= 11 is 0. The Kier molecular flexibility index (Phi) is 6.28. The first-order chi connectivity index (χ1) is 11.7. The van der Waals surface area contributed by atoms with E-state index in [1.54, 1.807) is 47.6 Å². The summed E-state index contributed by atoms with van der Waals surface area (Å²) in [6, 6.07) is 3.93. The lowest BCUT2D eigenvalue weighted by Gasteiger charge is -2.20. The van der Waals surface area contributed by atoms with Gasteiger partial charge in [0.2, 0.25) is 16.1 Å². The Bertz CT molecular complexity index is 856. The van der Waals surface area contributed by atoms with Gasteiger partial charge in [0.25, 0.3) is 0 Å². The topological polar surface area (TPSA) is 132 Å². The number of ketones is 1. The fourth-order valence-corrected chi connectivity index (χ4v) is 3.32. The van der Waals surface area contributed by atoms with Crippen molar-refractivity contribution in [2.24, 2.45) is 15.6 Å². The number of phenols is 1. The summed E-state index contributed by atoms with van der Waals surface area (Å²) in [5.74, 6) is -0.746. The van der Waals surface area contributed by atoms with Gasteiger partial charge in [-0.05, 0) is 39.0 Å². The number of aromatic hydroxyl groups is 1. The monoisotopic (exact) mass is 380 g/mol. The van der Waals surface area contributed by atoms with Crippen LogP contribution in [0.5, 0.6) is 5.75 Å². The molecule has 1 aromatic carbocycles. The number of hydrogen-bond donors (Lipinski definition) is 2. The van der Waals surface area contributed by atoms with E-state index in [4.69, 9.17) is 5.26 Å². The van der Waals surface area contributed by atoms with Crippen molar-refractivity contribution < 1.29 is 18.3 Å². The minimum absolute atomic E-state index is 0.116. The molecule has 1 unspecified atom stereocenters. The third-order valence-electron chi connectivity index (χ3n) is 3.09. The highest BCUT2D eigenvalue weighted by molar-refractivity contribution is 7.89. The number of sulfonamides is 1. The molecule has 0 amide bonds. The number of nitrogens with zero attached hydrogens (tertiary/aromatic N) is 3. The number of carbonyl (C=O) groups is 1. The number of rotatable bonds is 5. The highest BCUT2D eigenvalue weighted by Gasteiger charge is 2.30. The second kappa shape index (κ2) is 7.51. The van der Waals surface area contributed by atoms with Gasteiger partial charge in [0.15, 0.2) is 5.78 Å². The predicted octanol–water partition coefficient (Wildman–Crippen LogP) is 3.06. The van der Waals surface area contributed by atoms with Gasteiger partial charge in [-0.1, -0.05) is 20.8 Å². The first-order valence-electron chi connectivity index (χ1n) is 7.89. The van der Waals surface area contributed by atoms with E-state index in [0.717, 1.165) is 6.07 Å². The Morgan fingerprint density at radius 1 is 1.23 bits per heavy atom. The van der Waals surface area contributed by atoms with Crippen molar-refractivity contribution in [2.75, 3.05) is 0 Å². The van der Waals surface area contributed by atoms with Gasteiger partial charge in [-0.3, -0.25) is 4.79 Å². The molecule has 0 aliphatic carbocycles. The highest BCUT2D eigenvalue weighted by atomic mass is 32.2. The highest BCUT2D eigenvalue weighted by Crippen LogP contribution is 2.30. The van der Waals surface area contributed by atoms with Crippen LogP contribution in [0.3, 0.4) is 0 Å². The largest absolute Gasteiger partial charge is 0.506 e. The van der Waals surface area contributed by atoms with Crippen molar-refractivity contribution in [3.05, 3.63) is 18.2 Å². The summed E-state index contributed by atoms with van der Waals surface area (Å²) in [4.78, 5) is 12.0. The molecular weight excluding hydrogens is 356 g/mol. The van der Waals surface area contributed by atoms with Crippen LogP contribution in [0.2, 0.25) is 0 Å². The SMILES string of the molecule is CC(C)(C)NS(=O)(=O)c1ccc(O)c(N=NC(C#N)C(=O)C(C)(C)C)c1. The van der Waals surface area contributed by atoms with Crippen LogP contribution in [-0.2, 0) is 14.8 Å². The molecule has 2 N–H and O–H groups in total. The summed E-state index contributed by atoms with van der Waals surface area (Å²) in [5, 5.41) is 26.4. The smallest absolute Gasteiger partial charge is 0.241 e. The molecule has 1 rings (SSSR count). The number of phenolic OH excluding ortho intramolecular Hbond substituents is 1. The quantitative estimate of drug-likeness (QED) is 0.758. The Morgan fingerprint density at radius 3 is 2.27 bits per heavy atom. The number of nitrogens with one attached hydrogen (secondary N) is 1. The zero-order valence-electron chi connectivity index (χ0n) is 15.7. The molecule has 0 aliphatic heterocycles. The van der Waals surface area contributed by atoms with E-state index in [1.165, 1.54) is 12.1 Å². The van der Waals surface area contributed by atoms with Crippen LogP contribution in [-0.4, -0.2) is 30.9 Å². The van der Waals surface area contributed by atoms with Crippen molar-refractivity contribution in [2.45, 2.75) is 58.0 Å². The van der Waals surface area contributed by atoms with Crippen LogP contribution >= 0.6 is 0 Å². The lowest BCUT2D eigenvalue weighted by atomic mass is 9.87. The van der Waals surface area contributed by atoms with Crippen LogP contribution in [0, 0.1) is 16.7 Å². The molecule has 0 spiro atoms. The summed E-state index contributed by atoms with van der Waals surface area (Å²) in [6.45, 7) is 10.0. The standard InChI is InChI=1S/C17H24N4O4S/c1-16(2,3)15(23)13(10-18)20-19-12-9-11(7-8-14(12)22)26(24,25)21-17(4,5)6/h7-9,13,21-22H,1-6H3. The first kappa shape index (κ1) is 21.7. The van der Waals surface area contributed by atoms with Gasteiger partial charge in [-0.25, -0.2) is 13.1 Å². The summed E-state index contributed by atoms with van der Waals surface area (Å²) < 4.78 is 27.2. The van der Waals surface area contributed by atoms with Crippen LogP contribution in [0.4, 0.5) is 5.69 Å². The molecule has 0 aliphatic rings. The van der Waals surface area contributed by atoms with Gasteiger partial charge < -0.3 is 5.11 Å². The normalized spacial score (nSPS) is 14.2. The number of nitriles is 1. The zero-order chi connectivity index (χ0) is 20.3. The van der Waals surface area contributed by atoms with E-state index >= 15 is 0 Å². The average molecular weight is 380 g/mol. The van der Waals surface area contributed by atoms with E-state index < -0.39 is 32.8 Å². The summed E-state index contributed by atoms with van der Waals surface area (Å²) in [7, 11) is -3.84. The number of benzene rings is 1. The van der Waals surface area contributed by atoms with Crippen molar-refractivity contribution in [1.82, 2.24) is 4.72 Å². The molecule has 1 atom stereocenters. The third-order valence-corrected chi connectivity index (χ3v) is 4.84. The van der Waals surface area contributed by atoms with Gasteiger partial charge in [-0.15, -0.1) is 0 Å². The molecular formula is C17H24N4O4S. The maximum Gasteiger partial charge on any atom is 0.241 e. The number of hydrogen-bond acceptors (Lipinski definition) is 7. The number of Topliss-reactive ketones (excluding diaryl/α,β-unsaturated/α-hetero) is 1. The van der Waals surface area contributed by atoms with E-state index in [9.17, 15) is 18.3 Å². The fraction of sp³-hybridized carbons (Fsp3) is 0.529. The van der Waals surface area contributed by atoms with Gasteiger partial charge in [0.1, 0.15) is 11.4 Å². The lowest BCUT2D eigenvalue weighted by Crippen LogP contribution is -2.40. The van der Waals surface area contributed by atoms with Gasteiger partial charge >= 0.3 is 0 Å². The molecule has 9 heteroatoms. The minimum atomic E-state index is -3.84. The van der Waals surface area contributed by atoms with E-state index in [2.05, 4.69) is 15.0 Å². The van der Waals surface area contributed by atoms with E-state index in [0.29, 0.717) is 0 Å². The first-order valence-corrected chi connectivity index (χ1v) is 9.37. The summed E-state index contributed by atoms with van der Waals surface area (Å²) in [5.41, 5.74) is -1.63. The molecule has 0 saturated carbocycles. The van der Waals surface area contributed by atoms with Crippen LogP contribution in [0.15, 0.2) is 33.3 Å². The van der Waals surface area contributed by atoms with Crippen molar-refractivity contribution in [3.8, 4) is 11.8 Å². The molecule has 26 heavy (non-hydrogen) atoms. The van der Waals surface area contributed by atoms with Crippen LogP contribution < -0.4 is 4.72 Å². The van der Waals surface area contributed by atoms with Gasteiger partial charge in [0.05, 0.1) is 11.0 Å². The Morgan fingerprint density at radius 2 is 1.81 bits per heavy atom. The average Bonchev–Trinajstić information content (AvgIpc) is 2.45. The van der Waals surface area contributed by atoms with Gasteiger partial charge in [0, 0.05) is 11.0 Å². The second-order valence-electron chi connectivity index (χ2n) is 7.87. The van der Waals surface area contributed by atoms with Crippen LogP contribution in [0.25, 0.3) is 0 Å². The van der Waals surface area contributed by atoms with Gasteiger partial charge in [-0.2, -0.15) is 15.5 Å². The number of azo groups is 1.